The molecule has 8 heteroatoms. The Hall–Kier alpha value is -3.44. The van der Waals surface area contributed by atoms with E-state index in [2.05, 4.69) is 21.5 Å². The lowest BCUT2D eigenvalue weighted by Gasteiger charge is -2.09. The average molecular weight is 364 g/mol. The average Bonchev–Trinajstić information content (AvgIpc) is 2.91. The van der Waals surface area contributed by atoms with Crippen LogP contribution in [0.25, 0.3) is 22.5 Å². The van der Waals surface area contributed by atoms with Gasteiger partial charge in [0.1, 0.15) is 29.0 Å². The summed E-state index contributed by atoms with van der Waals surface area (Å²) in [6.07, 6.45) is 0.960. The van der Waals surface area contributed by atoms with Crippen LogP contribution in [0.15, 0.2) is 30.3 Å². The Kier molecular flexibility index (Phi) is 4.22. The van der Waals surface area contributed by atoms with E-state index in [9.17, 15) is 14.8 Å². The van der Waals surface area contributed by atoms with Gasteiger partial charge in [-0.2, -0.15) is 10.4 Å². The van der Waals surface area contributed by atoms with Crippen molar-refractivity contribution in [1.29, 1.82) is 5.26 Å². The zero-order chi connectivity index (χ0) is 19.0. The standard InChI is InChI=1S/C19H17FN6O/c20-16-7-12(27)2-3-13(16)17-8-14(15(9-21)19(22)24-17)18-6-11-10-23-4-1-5-26(11)25-18/h2-3,6-8,23,27H,1,4-5,10H2,(H2,22,24). The molecule has 0 saturated carbocycles. The fourth-order valence-corrected chi connectivity index (χ4v) is 3.23. The number of nitrogens with zero attached hydrogens (tertiary/aromatic N) is 4. The van der Waals surface area contributed by atoms with Crippen LogP contribution in [0.2, 0.25) is 0 Å². The van der Waals surface area contributed by atoms with Crippen LogP contribution in [0.5, 0.6) is 5.75 Å². The SMILES string of the molecule is N#Cc1c(-c2cc3n(n2)CCCNC3)cc(-c2ccc(O)cc2F)nc1N. The Balaban J connectivity index is 1.87. The Bertz CT molecular complexity index is 1050. The van der Waals surface area contributed by atoms with E-state index in [-0.39, 0.29) is 28.4 Å². The third-order valence-electron chi connectivity index (χ3n) is 4.56. The van der Waals surface area contributed by atoms with Crippen molar-refractivity contribution in [2.24, 2.45) is 0 Å². The predicted molar refractivity (Wildman–Crippen MR) is 98.0 cm³/mol. The highest BCUT2D eigenvalue weighted by Crippen LogP contribution is 2.33. The van der Waals surface area contributed by atoms with Crippen molar-refractivity contribution < 1.29 is 9.50 Å². The van der Waals surface area contributed by atoms with Crippen molar-refractivity contribution in [3.8, 4) is 34.3 Å². The first-order chi connectivity index (χ1) is 13.1. The largest absolute Gasteiger partial charge is 0.508 e. The van der Waals surface area contributed by atoms with Gasteiger partial charge in [0.15, 0.2) is 0 Å². The number of nitrogen functional groups attached to an aromatic ring is 1. The molecule has 1 aliphatic rings. The van der Waals surface area contributed by atoms with Crippen LogP contribution in [-0.4, -0.2) is 26.4 Å². The molecule has 2 aromatic heterocycles. The minimum atomic E-state index is -0.623. The number of aromatic hydroxyl groups is 1. The van der Waals surface area contributed by atoms with Gasteiger partial charge < -0.3 is 16.2 Å². The summed E-state index contributed by atoms with van der Waals surface area (Å²) in [7, 11) is 0. The highest BCUT2D eigenvalue weighted by atomic mass is 19.1. The molecule has 3 heterocycles. The molecule has 27 heavy (non-hydrogen) atoms. The maximum Gasteiger partial charge on any atom is 0.142 e. The van der Waals surface area contributed by atoms with Gasteiger partial charge in [0.25, 0.3) is 0 Å². The summed E-state index contributed by atoms with van der Waals surface area (Å²) in [5.74, 6) is -0.787. The first-order valence-corrected chi connectivity index (χ1v) is 8.54. The number of aromatic nitrogens is 3. The number of hydrogen-bond donors (Lipinski definition) is 3. The van der Waals surface area contributed by atoms with E-state index < -0.39 is 5.82 Å². The smallest absolute Gasteiger partial charge is 0.142 e. The van der Waals surface area contributed by atoms with Crippen molar-refractivity contribution in [2.75, 3.05) is 12.3 Å². The summed E-state index contributed by atoms with van der Waals surface area (Å²) in [6.45, 7) is 2.40. The lowest BCUT2D eigenvalue weighted by Crippen LogP contribution is -2.11. The fraction of sp³-hybridized carbons (Fsp3) is 0.211. The predicted octanol–water partition coefficient (Wildman–Crippen LogP) is 2.40. The summed E-state index contributed by atoms with van der Waals surface area (Å²) >= 11 is 0. The van der Waals surface area contributed by atoms with Crippen LogP contribution < -0.4 is 11.1 Å². The number of nitrogens with one attached hydrogen (secondary N) is 1. The molecule has 0 amide bonds. The second-order valence-electron chi connectivity index (χ2n) is 6.37. The molecule has 0 spiro atoms. The van der Waals surface area contributed by atoms with E-state index in [1.807, 2.05) is 10.7 Å². The second kappa shape index (κ2) is 6.70. The van der Waals surface area contributed by atoms with E-state index in [1.165, 1.54) is 12.1 Å². The number of halogens is 1. The quantitative estimate of drug-likeness (QED) is 0.644. The Labute approximate surface area is 154 Å². The number of phenolic OH excluding ortho intramolecular Hbond substituents is 1. The number of fused-ring (bicyclic) bond motifs is 1. The van der Waals surface area contributed by atoms with Gasteiger partial charge in [-0.3, -0.25) is 4.68 Å². The molecular formula is C19H17FN6O. The van der Waals surface area contributed by atoms with Crippen LogP contribution in [-0.2, 0) is 13.1 Å². The molecule has 4 rings (SSSR count). The first-order valence-electron chi connectivity index (χ1n) is 8.54. The maximum absolute atomic E-state index is 14.3. The fourth-order valence-electron chi connectivity index (χ4n) is 3.23. The zero-order valence-electron chi connectivity index (χ0n) is 14.4. The zero-order valence-corrected chi connectivity index (χ0v) is 14.4. The van der Waals surface area contributed by atoms with Gasteiger partial charge in [-0.1, -0.05) is 0 Å². The Morgan fingerprint density at radius 3 is 2.85 bits per heavy atom. The number of benzene rings is 1. The van der Waals surface area contributed by atoms with Crippen LogP contribution in [0.4, 0.5) is 10.2 Å². The van der Waals surface area contributed by atoms with E-state index in [1.54, 1.807) is 6.07 Å². The van der Waals surface area contributed by atoms with Gasteiger partial charge in [0.2, 0.25) is 0 Å². The minimum absolute atomic E-state index is 0.0128. The van der Waals surface area contributed by atoms with E-state index in [4.69, 9.17) is 5.73 Å². The monoisotopic (exact) mass is 364 g/mol. The molecule has 3 aromatic rings. The van der Waals surface area contributed by atoms with Crippen molar-refractivity contribution in [2.45, 2.75) is 19.5 Å². The molecular weight excluding hydrogens is 347 g/mol. The maximum atomic E-state index is 14.3. The number of hydrogen-bond acceptors (Lipinski definition) is 6. The summed E-state index contributed by atoms with van der Waals surface area (Å²) in [4.78, 5) is 4.17. The molecule has 0 radical (unpaired) electrons. The minimum Gasteiger partial charge on any atom is -0.508 e. The molecule has 136 valence electrons. The molecule has 1 aromatic carbocycles. The summed E-state index contributed by atoms with van der Waals surface area (Å²) in [6, 6.07) is 9.40. The number of anilines is 1. The van der Waals surface area contributed by atoms with Gasteiger partial charge in [-0.15, -0.1) is 0 Å². The normalized spacial score (nSPS) is 13.6. The third-order valence-corrected chi connectivity index (χ3v) is 4.56. The molecule has 0 fully saturated rings. The van der Waals surface area contributed by atoms with E-state index in [0.29, 0.717) is 17.8 Å². The lowest BCUT2D eigenvalue weighted by molar-refractivity contribution is 0.469. The molecule has 1 aliphatic heterocycles. The molecule has 0 unspecified atom stereocenters. The Morgan fingerprint density at radius 1 is 1.22 bits per heavy atom. The lowest BCUT2D eigenvalue weighted by atomic mass is 10.0. The van der Waals surface area contributed by atoms with Gasteiger partial charge in [-0.05, 0) is 37.2 Å². The van der Waals surface area contributed by atoms with Crippen molar-refractivity contribution in [3.63, 3.8) is 0 Å². The van der Waals surface area contributed by atoms with Gasteiger partial charge >= 0.3 is 0 Å². The van der Waals surface area contributed by atoms with Gasteiger partial charge in [0, 0.05) is 30.3 Å². The van der Waals surface area contributed by atoms with Gasteiger partial charge in [0.05, 0.1) is 17.1 Å². The number of pyridine rings is 1. The number of nitriles is 1. The summed E-state index contributed by atoms with van der Waals surface area (Å²) < 4.78 is 16.2. The Morgan fingerprint density at radius 2 is 2.07 bits per heavy atom. The first kappa shape index (κ1) is 17.0. The van der Waals surface area contributed by atoms with Crippen LogP contribution in [0, 0.1) is 17.1 Å². The number of aryl methyl sites for hydroxylation is 1. The van der Waals surface area contributed by atoms with E-state index >= 15 is 0 Å². The second-order valence-corrected chi connectivity index (χ2v) is 6.37. The van der Waals surface area contributed by atoms with Crippen molar-refractivity contribution >= 4 is 5.82 Å². The molecule has 0 bridgehead atoms. The van der Waals surface area contributed by atoms with Crippen LogP contribution in [0.1, 0.15) is 17.7 Å². The van der Waals surface area contributed by atoms with Crippen molar-refractivity contribution in [3.05, 3.63) is 47.4 Å². The number of rotatable bonds is 2. The van der Waals surface area contributed by atoms with E-state index in [0.717, 1.165) is 31.3 Å². The summed E-state index contributed by atoms with van der Waals surface area (Å²) in [5, 5.41) is 26.9. The molecule has 0 atom stereocenters. The van der Waals surface area contributed by atoms with Crippen molar-refractivity contribution in [1.82, 2.24) is 20.1 Å². The topological polar surface area (TPSA) is 113 Å². The third kappa shape index (κ3) is 3.09. The summed E-state index contributed by atoms with van der Waals surface area (Å²) in [5.41, 5.74) is 8.77. The highest BCUT2D eigenvalue weighted by molar-refractivity contribution is 5.78. The molecule has 0 saturated heterocycles. The van der Waals surface area contributed by atoms with Gasteiger partial charge in [-0.25, -0.2) is 9.37 Å². The molecule has 0 aliphatic carbocycles. The molecule has 4 N–H and O–H groups in total. The number of nitrogens with two attached hydrogens (primary N) is 1. The highest BCUT2D eigenvalue weighted by Gasteiger charge is 2.19. The molecule has 7 nitrogen and oxygen atoms in total. The number of phenols is 1. The van der Waals surface area contributed by atoms with Crippen LogP contribution >= 0.6 is 0 Å². The van der Waals surface area contributed by atoms with Crippen LogP contribution in [0.3, 0.4) is 0 Å².